The predicted molar refractivity (Wildman–Crippen MR) is 97.3 cm³/mol. The fourth-order valence-corrected chi connectivity index (χ4v) is 3.04. The van der Waals surface area contributed by atoms with Crippen LogP contribution in [0.25, 0.3) is 39.0 Å². The van der Waals surface area contributed by atoms with Crippen LogP contribution in [0.4, 0.5) is 0 Å². The summed E-state index contributed by atoms with van der Waals surface area (Å²) in [6, 6.07) is 22.2. The van der Waals surface area contributed by atoms with Gasteiger partial charge in [-0.25, -0.2) is 0 Å². The zero-order valence-corrected chi connectivity index (χ0v) is 12.8. The summed E-state index contributed by atoms with van der Waals surface area (Å²) in [5, 5.41) is 14.0. The second kappa shape index (κ2) is 5.66. The molecule has 0 bridgehead atoms. The van der Waals surface area contributed by atoms with E-state index in [1.54, 1.807) is 6.08 Å². The molecule has 4 heteroatoms. The van der Waals surface area contributed by atoms with E-state index in [2.05, 4.69) is 29.2 Å². The van der Waals surface area contributed by atoms with Gasteiger partial charge >= 0.3 is 0 Å². The second-order valence-corrected chi connectivity index (χ2v) is 5.62. The normalized spacial score (nSPS) is 11.5. The van der Waals surface area contributed by atoms with Crippen molar-refractivity contribution in [2.75, 3.05) is 0 Å². The monoisotopic (exact) mass is 314 g/mol. The van der Waals surface area contributed by atoms with Crippen LogP contribution in [0.3, 0.4) is 0 Å². The average molecular weight is 314 g/mol. The van der Waals surface area contributed by atoms with Gasteiger partial charge in [0, 0.05) is 22.5 Å². The van der Waals surface area contributed by atoms with Crippen molar-refractivity contribution < 1.29 is 4.92 Å². The van der Waals surface area contributed by atoms with E-state index in [1.807, 2.05) is 42.5 Å². The molecule has 4 aromatic rings. The lowest BCUT2D eigenvalue weighted by atomic mass is 10.0. The van der Waals surface area contributed by atoms with Crippen LogP contribution in [0.2, 0.25) is 0 Å². The number of hydrogen-bond donors (Lipinski definition) is 1. The Labute approximate surface area is 138 Å². The molecule has 4 nitrogen and oxygen atoms in total. The van der Waals surface area contributed by atoms with E-state index >= 15 is 0 Å². The zero-order valence-electron chi connectivity index (χ0n) is 12.8. The van der Waals surface area contributed by atoms with E-state index in [-0.39, 0.29) is 0 Å². The molecular formula is C20H14N2O2. The maximum atomic E-state index is 10.8. The number of aromatic nitrogens is 1. The van der Waals surface area contributed by atoms with Gasteiger partial charge in [-0.05, 0) is 28.5 Å². The molecule has 4 rings (SSSR count). The molecule has 0 unspecified atom stereocenters. The van der Waals surface area contributed by atoms with Crippen molar-refractivity contribution in [2.45, 2.75) is 0 Å². The molecule has 0 amide bonds. The number of nitrogens with one attached hydrogen (secondary N) is 1. The number of hydrogen-bond acceptors (Lipinski definition) is 2. The Kier molecular flexibility index (Phi) is 3.35. The first-order valence-electron chi connectivity index (χ1n) is 7.64. The Bertz CT molecular complexity index is 1090. The molecule has 116 valence electrons. The van der Waals surface area contributed by atoms with Gasteiger partial charge in [0.1, 0.15) is 0 Å². The molecule has 0 fully saturated rings. The van der Waals surface area contributed by atoms with Crippen molar-refractivity contribution in [3.8, 4) is 11.3 Å². The number of H-pyrrole nitrogens is 1. The quantitative estimate of drug-likeness (QED) is 0.415. The van der Waals surface area contributed by atoms with Gasteiger partial charge in [-0.3, -0.25) is 10.1 Å². The van der Waals surface area contributed by atoms with Gasteiger partial charge in [-0.2, -0.15) is 0 Å². The number of rotatable bonds is 3. The van der Waals surface area contributed by atoms with E-state index in [1.165, 1.54) is 5.39 Å². The van der Waals surface area contributed by atoms with Crippen LogP contribution >= 0.6 is 0 Å². The highest BCUT2D eigenvalue weighted by Gasteiger charge is 2.12. The van der Waals surface area contributed by atoms with Crippen molar-refractivity contribution in [3.63, 3.8) is 0 Å². The molecule has 0 atom stereocenters. The SMILES string of the molecule is O=[N+]([O-])C=Cc1c(-c2ccc3ccccc3c2)[nH]c2ccccc12. The lowest BCUT2D eigenvalue weighted by Gasteiger charge is -2.04. The molecule has 0 radical (unpaired) electrons. The van der Waals surface area contributed by atoms with Crippen molar-refractivity contribution >= 4 is 27.8 Å². The Morgan fingerprint density at radius 2 is 1.67 bits per heavy atom. The largest absolute Gasteiger partial charge is 0.354 e. The summed E-state index contributed by atoms with van der Waals surface area (Å²) in [6.45, 7) is 0. The van der Waals surface area contributed by atoms with Crippen molar-refractivity contribution in [1.82, 2.24) is 4.98 Å². The molecule has 0 aliphatic rings. The van der Waals surface area contributed by atoms with Crippen LogP contribution < -0.4 is 0 Å². The second-order valence-electron chi connectivity index (χ2n) is 5.62. The highest BCUT2D eigenvalue weighted by atomic mass is 16.6. The summed E-state index contributed by atoms with van der Waals surface area (Å²) in [6.07, 6.45) is 2.55. The van der Waals surface area contributed by atoms with Crippen LogP contribution in [0.1, 0.15) is 5.56 Å². The first-order chi connectivity index (χ1) is 11.7. The number of aromatic amines is 1. The minimum Gasteiger partial charge on any atom is -0.354 e. The van der Waals surface area contributed by atoms with Gasteiger partial charge in [0.2, 0.25) is 6.20 Å². The van der Waals surface area contributed by atoms with E-state index in [9.17, 15) is 10.1 Å². The number of benzene rings is 3. The van der Waals surface area contributed by atoms with Crippen molar-refractivity contribution in [1.29, 1.82) is 0 Å². The minimum atomic E-state index is -0.439. The Morgan fingerprint density at radius 3 is 2.50 bits per heavy atom. The highest BCUT2D eigenvalue weighted by molar-refractivity contribution is 5.98. The van der Waals surface area contributed by atoms with Crippen LogP contribution in [-0.2, 0) is 0 Å². The lowest BCUT2D eigenvalue weighted by Crippen LogP contribution is -1.85. The Morgan fingerprint density at radius 1 is 0.917 bits per heavy atom. The minimum absolute atomic E-state index is 0.439. The van der Waals surface area contributed by atoms with Gasteiger partial charge < -0.3 is 4.98 Å². The molecule has 0 aliphatic carbocycles. The smallest absolute Gasteiger partial charge is 0.235 e. The Hall–Kier alpha value is -3.40. The van der Waals surface area contributed by atoms with Crippen LogP contribution in [0, 0.1) is 10.1 Å². The van der Waals surface area contributed by atoms with Gasteiger partial charge in [0.25, 0.3) is 0 Å². The number of para-hydroxylation sites is 1. The average Bonchev–Trinajstić information content (AvgIpc) is 2.98. The van der Waals surface area contributed by atoms with Crippen molar-refractivity contribution in [2.24, 2.45) is 0 Å². The van der Waals surface area contributed by atoms with Crippen LogP contribution in [0.15, 0.2) is 72.9 Å². The maximum absolute atomic E-state index is 10.8. The highest BCUT2D eigenvalue weighted by Crippen LogP contribution is 2.33. The summed E-state index contributed by atoms with van der Waals surface area (Å²) < 4.78 is 0. The molecule has 0 spiro atoms. The molecule has 1 aromatic heterocycles. The summed E-state index contributed by atoms with van der Waals surface area (Å²) in [4.78, 5) is 13.7. The van der Waals surface area contributed by atoms with E-state index in [0.717, 1.165) is 39.3 Å². The third-order valence-corrected chi connectivity index (χ3v) is 4.15. The predicted octanol–water partition coefficient (Wildman–Crippen LogP) is 5.24. The van der Waals surface area contributed by atoms with Crippen LogP contribution in [-0.4, -0.2) is 9.91 Å². The van der Waals surface area contributed by atoms with E-state index < -0.39 is 4.92 Å². The fraction of sp³-hybridized carbons (Fsp3) is 0. The number of nitro groups is 1. The number of nitrogens with zero attached hydrogens (tertiary/aromatic N) is 1. The molecule has 0 saturated heterocycles. The molecule has 3 aromatic carbocycles. The van der Waals surface area contributed by atoms with Crippen LogP contribution in [0.5, 0.6) is 0 Å². The topological polar surface area (TPSA) is 58.9 Å². The van der Waals surface area contributed by atoms with E-state index in [4.69, 9.17) is 0 Å². The van der Waals surface area contributed by atoms with Gasteiger partial charge in [-0.15, -0.1) is 0 Å². The summed E-state index contributed by atoms with van der Waals surface area (Å²) in [7, 11) is 0. The lowest BCUT2D eigenvalue weighted by molar-refractivity contribution is -0.400. The first kappa shape index (κ1) is 14.2. The summed E-state index contributed by atoms with van der Waals surface area (Å²) in [5.41, 5.74) is 3.69. The van der Waals surface area contributed by atoms with Gasteiger partial charge in [0.05, 0.1) is 10.6 Å². The summed E-state index contributed by atoms with van der Waals surface area (Å²) in [5.74, 6) is 0. The molecule has 1 heterocycles. The molecule has 0 aliphatic heterocycles. The molecule has 24 heavy (non-hydrogen) atoms. The maximum Gasteiger partial charge on any atom is 0.235 e. The first-order valence-corrected chi connectivity index (χ1v) is 7.64. The molecular weight excluding hydrogens is 300 g/mol. The van der Waals surface area contributed by atoms with Crippen molar-refractivity contribution in [3.05, 3.63) is 88.6 Å². The third kappa shape index (κ3) is 2.44. The third-order valence-electron chi connectivity index (χ3n) is 4.15. The molecule has 0 saturated carbocycles. The standard InChI is InChI=1S/C20H14N2O2/c23-22(24)12-11-18-17-7-3-4-8-19(17)21-20(18)16-10-9-14-5-1-2-6-15(14)13-16/h1-13,21H. The summed E-state index contributed by atoms with van der Waals surface area (Å²) >= 11 is 0. The fourth-order valence-electron chi connectivity index (χ4n) is 3.04. The van der Waals surface area contributed by atoms with Gasteiger partial charge in [-0.1, -0.05) is 54.6 Å². The number of fused-ring (bicyclic) bond motifs is 2. The Balaban J connectivity index is 1.97. The zero-order chi connectivity index (χ0) is 16.5. The van der Waals surface area contributed by atoms with E-state index in [0.29, 0.717) is 0 Å². The molecule has 1 N–H and O–H groups in total. The van der Waals surface area contributed by atoms with Gasteiger partial charge in [0.15, 0.2) is 0 Å².